The van der Waals surface area contributed by atoms with Crippen molar-refractivity contribution in [1.29, 1.82) is 0 Å². The first-order valence-corrected chi connectivity index (χ1v) is 13.0. The van der Waals surface area contributed by atoms with Crippen molar-refractivity contribution >= 4 is 11.9 Å². The largest absolute Gasteiger partial charge is 0.476 e. The molecule has 232 valence electrons. The standard InChI is InChI=1S/C28H23F3N8O6/c1-14(6-8-17-10-11-20(33-16(17)3)45-25-22(27(42)43)35-39-37-25)4-5-15(2)7-9-18-12-19(13-32-23(18)28(29,30)31)44-24-21(26(40)41)34-38-36-24/h10-15H,4-5H2,1-3H3,(H,40,41)(H,42,43)(H,34,36,38)(H,35,37,39). The van der Waals surface area contributed by atoms with Crippen molar-refractivity contribution in [3.8, 4) is 47.1 Å². The Morgan fingerprint density at radius 1 is 0.911 bits per heavy atom. The van der Waals surface area contributed by atoms with Crippen molar-refractivity contribution in [3.63, 3.8) is 0 Å². The smallest absolute Gasteiger partial charge is 0.434 e. The number of pyridine rings is 2. The Kier molecular flexibility index (Phi) is 9.62. The van der Waals surface area contributed by atoms with Gasteiger partial charge >= 0.3 is 18.1 Å². The summed E-state index contributed by atoms with van der Waals surface area (Å²) >= 11 is 0. The van der Waals surface area contributed by atoms with Gasteiger partial charge in [-0.1, -0.05) is 48.0 Å². The van der Waals surface area contributed by atoms with E-state index in [0.717, 1.165) is 12.3 Å². The lowest BCUT2D eigenvalue weighted by Gasteiger charge is -2.10. The van der Waals surface area contributed by atoms with Crippen LogP contribution in [0.2, 0.25) is 0 Å². The van der Waals surface area contributed by atoms with Gasteiger partial charge < -0.3 is 19.7 Å². The molecule has 2 unspecified atom stereocenters. The molecule has 0 bridgehead atoms. The molecular formula is C28H23F3N8O6. The second-order valence-electron chi connectivity index (χ2n) is 9.56. The van der Waals surface area contributed by atoms with Gasteiger partial charge in [-0.25, -0.2) is 29.8 Å². The lowest BCUT2D eigenvalue weighted by atomic mass is 9.98. The number of hydrogen-bond acceptors (Lipinski definition) is 10. The molecule has 0 amide bonds. The molecule has 4 N–H and O–H groups in total. The van der Waals surface area contributed by atoms with E-state index in [1.54, 1.807) is 19.9 Å². The zero-order valence-corrected chi connectivity index (χ0v) is 23.7. The third-order valence-electron chi connectivity index (χ3n) is 6.00. The summed E-state index contributed by atoms with van der Waals surface area (Å²) in [5.74, 6) is 7.75. The van der Waals surface area contributed by atoms with E-state index in [0.29, 0.717) is 24.1 Å². The number of nitrogens with zero attached hydrogens (tertiary/aromatic N) is 6. The molecule has 0 aliphatic carbocycles. The highest BCUT2D eigenvalue weighted by molar-refractivity contribution is 5.88. The van der Waals surface area contributed by atoms with Crippen LogP contribution in [-0.2, 0) is 6.18 Å². The molecule has 45 heavy (non-hydrogen) atoms. The van der Waals surface area contributed by atoms with Crippen molar-refractivity contribution < 1.29 is 42.4 Å². The van der Waals surface area contributed by atoms with Crippen LogP contribution in [0.15, 0.2) is 24.4 Å². The van der Waals surface area contributed by atoms with Crippen LogP contribution in [0.5, 0.6) is 23.4 Å². The number of ether oxygens (including phenoxy) is 2. The van der Waals surface area contributed by atoms with Crippen molar-refractivity contribution in [1.82, 2.24) is 40.8 Å². The molecule has 4 aromatic rings. The zero-order valence-electron chi connectivity index (χ0n) is 23.7. The fourth-order valence-corrected chi connectivity index (χ4v) is 3.68. The van der Waals surface area contributed by atoms with Crippen molar-refractivity contribution in [2.75, 3.05) is 0 Å². The second-order valence-corrected chi connectivity index (χ2v) is 9.56. The summed E-state index contributed by atoms with van der Waals surface area (Å²) in [5.41, 5.74) is -1.42. The number of H-pyrrole nitrogens is 2. The first-order chi connectivity index (χ1) is 21.3. The van der Waals surface area contributed by atoms with E-state index in [1.165, 1.54) is 6.07 Å². The number of carbonyl (C=O) groups is 2. The molecule has 0 fully saturated rings. The third-order valence-corrected chi connectivity index (χ3v) is 6.00. The van der Waals surface area contributed by atoms with Gasteiger partial charge in [-0.3, -0.25) is 0 Å². The van der Waals surface area contributed by atoms with Gasteiger partial charge in [0.05, 0.1) is 17.5 Å². The summed E-state index contributed by atoms with van der Waals surface area (Å²) in [7, 11) is 0. The Hall–Kier alpha value is -5.97. The number of alkyl halides is 3. The van der Waals surface area contributed by atoms with Crippen molar-refractivity contribution in [2.45, 2.75) is 39.8 Å². The predicted octanol–water partition coefficient (Wildman–Crippen LogP) is 4.48. The molecule has 4 rings (SSSR count). The molecule has 4 heterocycles. The van der Waals surface area contributed by atoms with Crippen LogP contribution in [0.4, 0.5) is 13.2 Å². The maximum atomic E-state index is 13.6. The van der Waals surface area contributed by atoms with E-state index in [2.05, 4.69) is 64.5 Å². The number of hydrogen-bond donors (Lipinski definition) is 4. The minimum atomic E-state index is -4.79. The highest BCUT2D eigenvalue weighted by Gasteiger charge is 2.35. The van der Waals surface area contributed by atoms with E-state index in [1.807, 2.05) is 6.92 Å². The Bertz CT molecular complexity index is 1850. The monoisotopic (exact) mass is 624 g/mol. The van der Waals surface area contributed by atoms with Crippen LogP contribution in [0.25, 0.3) is 0 Å². The Balaban J connectivity index is 1.39. The molecule has 4 aromatic heterocycles. The van der Waals surface area contributed by atoms with Gasteiger partial charge in [0.1, 0.15) is 5.75 Å². The van der Waals surface area contributed by atoms with Crippen LogP contribution in [-0.4, -0.2) is 62.9 Å². The minimum Gasteiger partial charge on any atom is -0.476 e. The molecule has 0 radical (unpaired) electrons. The van der Waals surface area contributed by atoms with Gasteiger partial charge in [-0.15, -0.1) is 10.2 Å². The van der Waals surface area contributed by atoms with Crippen LogP contribution >= 0.6 is 0 Å². The minimum absolute atomic E-state index is 0.0886. The van der Waals surface area contributed by atoms with Gasteiger partial charge in [0.2, 0.25) is 17.3 Å². The van der Waals surface area contributed by atoms with Crippen LogP contribution < -0.4 is 9.47 Å². The molecule has 0 aliphatic rings. The highest BCUT2D eigenvalue weighted by Crippen LogP contribution is 2.33. The first-order valence-electron chi connectivity index (χ1n) is 13.0. The maximum Gasteiger partial charge on any atom is 0.434 e. The average molecular weight is 625 g/mol. The van der Waals surface area contributed by atoms with Gasteiger partial charge in [0.25, 0.3) is 11.8 Å². The number of aromatic carboxylic acids is 2. The highest BCUT2D eigenvalue weighted by atomic mass is 19.4. The number of rotatable bonds is 9. The quantitative estimate of drug-likeness (QED) is 0.191. The number of aryl methyl sites for hydroxylation is 1. The van der Waals surface area contributed by atoms with E-state index >= 15 is 0 Å². The van der Waals surface area contributed by atoms with Crippen molar-refractivity contribution in [2.24, 2.45) is 11.8 Å². The fraction of sp³-hybridized carbons (Fsp3) is 0.286. The van der Waals surface area contributed by atoms with Crippen LogP contribution in [0.3, 0.4) is 0 Å². The van der Waals surface area contributed by atoms with Gasteiger partial charge in [-0.2, -0.15) is 13.2 Å². The maximum absolute atomic E-state index is 13.6. The van der Waals surface area contributed by atoms with E-state index < -0.39 is 35.1 Å². The Morgan fingerprint density at radius 2 is 1.47 bits per heavy atom. The molecule has 14 nitrogen and oxygen atoms in total. The normalized spacial score (nSPS) is 12.2. The summed E-state index contributed by atoms with van der Waals surface area (Å²) in [4.78, 5) is 30.1. The molecule has 0 aromatic carbocycles. The Morgan fingerprint density at radius 3 is 2.00 bits per heavy atom. The summed E-state index contributed by atoms with van der Waals surface area (Å²) in [6, 6.07) is 4.21. The van der Waals surface area contributed by atoms with E-state index in [-0.39, 0.29) is 40.9 Å². The summed E-state index contributed by atoms with van der Waals surface area (Å²) < 4.78 is 51.5. The van der Waals surface area contributed by atoms with Gasteiger partial charge in [-0.05, 0) is 25.8 Å². The predicted molar refractivity (Wildman–Crippen MR) is 146 cm³/mol. The number of nitrogens with one attached hydrogen (secondary N) is 2. The summed E-state index contributed by atoms with van der Waals surface area (Å²) in [5, 5.41) is 36.3. The lowest BCUT2D eigenvalue weighted by Crippen LogP contribution is -2.11. The second kappa shape index (κ2) is 13.6. The summed E-state index contributed by atoms with van der Waals surface area (Å²) in [6.07, 6.45) is -2.86. The lowest BCUT2D eigenvalue weighted by molar-refractivity contribution is -0.141. The molecule has 2 atom stereocenters. The first kappa shape index (κ1) is 32.0. The number of carboxylic acid groups (broad SMARTS) is 2. The number of carboxylic acids is 2. The topological polar surface area (TPSA) is 202 Å². The summed E-state index contributed by atoms with van der Waals surface area (Å²) in [6.45, 7) is 5.37. The van der Waals surface area contributed by atoms with Crippen LogP contribution in [0.1, 0.15) is 70.2 Å². The van der Waals surface area contributed by atoms with Gasteiger partial charge in [0, 0.05) is 29.5 Å². The molecule has 0 spiro atoms. The molecule has 0 saturated heterocycles. The van der Waals surface area contributed by atoms with Crippen LogP contribution in [0, 0.1) is 42.4 Å². The number of aromatic nitrogens is 8. The molecular weight excluding hydrogens is 601 g/mol. The van der Waals surface area contributed by atoms with Gasteiger partial charge in [0.15, 0.2) is 5.69 Å². The Labute approximate surface area is 252 Å². The zero-order chi connectivity index (χ0) is 32.7. The molecule has 17 heteroatoms. The molecule has 0 saturated carbocycles. The number of halogens is 3. The molecule has 0 aliphatic heterocycles. The third kappa shape index (κ3) is 8.32. The van der Waals surface area contributed by atoms with E-state index in [4.69, 9.17) is 19.7 Å². The fourth-order valence-electron chi connectivity index (χ4n) is 3.68. The number of aromatic amines is 2. The average Bonchev–Trinajstić information content (AvgIpc) is 3.64. The van der Waals surface area contributed by atoms with E-state index in [9.17, 15) is 22.8 Å². The van der Waals surface area contributed by atoms with Crippen molar-refractivity contribution in [3.05, 3.63) is 58.3 Å². The SMILES string of the molecule is Cc1nc(Oc2[nH]nnc2C(=O)O)ccc1C#CC(C)CCC(C)C#Cc1cc(Oc2[nH]nnc2C(=O)O)cnc1C(F)(F)F.